The van der Waals surface area contributed by atoms with Crippen LogP contribution in [0.15, 0.2) is 12.1 Å². The van der Waals surface area contributed by atoms with Gasteiger partial charge in [-0.2, -0.15) is 0 Å². The fraction of sp³-hybridized carbons (Fsp3) is 0.545. The van der Waals surface area contributed by atoms with E-state index < -0.39 is 5.97 Å². The minimum absolute atomic E-state index is 0.0867. The molecule has 5 nitrogen and oxygen atoms in total. The molecular weight excluding hydrogens is 242 g/mol. The second-order valence-corrected chi connectivity index (χ2v) is 4.72. The molecule has 1 heterocycles. The fourth-order valence-electron chi connectivity index (χ4n) is 1.34. The van der Waals surface area contributed by atoms with Gasteiger partial charge in [0.05, 0.1) is 6.42 Å². The predicted octanol–water partition coefficient (Wildman–Crippen LogP) is 1.08. The first-order chi connectivity index (χ1) is 8.15. The van der Waals surface area contributed by atoms with Crippen molar-refractivity contribution in [2.75, 3.05) is 20.8 Å². The lowest BCUT2D eigenvalue weighted by atomic mass is 10.3. The Kier molecular flexibility index (Phi) is 6.13. The van der Waals surface area contributed by atoms with E-state index in [1.54, 1.807) is 14.2 Å². The van der Waals surface area contributed by atoms with Gasteiger partial charge < -0.3 is 19.9 Å². The molecule has 2 N–H and O–H groups in total. The summed E-state index contributed by atoms with van der Waals surface area (Å²) in [5.74, 6) is -0.801. The van der Waals surface area contributed by atoms with Crippen molar-refractivity contribution in [3.63, 3.8) is 0 Å². The number of rotatable bonds is 8. The Labute approximate surface area is 104 Å². The van der Waals surface area contributed by atoms with E-state index in [4.69, 9.17) is 14.6 Å². The zero-order valence-electron chi connectivity index (χ0n) is 9.93. The van der Waals surface area contributed by atoms with Crippen LogP contribution in [-0.4, -0.2) is 38.1 Å². The van der Waals surface area contributed by atoms with Crippen molar-refractivity contribution in [1.82, 2.24) is 5.32 Å². The van der Waals surface area contributed by atoms with Crippen molar-refractivity contribution in [2.24, 2.45) is 0 Å². The number of carbonyl (C=O) groups is 1. The van der Waals surface area contributed by atoms with Gasteiger partial charge in [0.15, 0.2) is 6.29 Å². The number of ether oxygens (including phenoxy) is 2. The molecule has 0 fully saturated rings. The molecule has 0 aromatic carbocycles. The Bertz CT molecular complexity index is 349. The number of hydrogen-bond acceptors (Lipinski definition) is 5. The average Bonchev–Trinajstić information content (AvgIpc) is 2.71. The van der Waals surface area contributed by atoms with Gasteiger partial charge in [-0.3, -0.25) is 4.79 Å². The number of carboxylic acids is 1. The maximum atomic E-state index is 10.5. The van der Waals surface area contributed by atoms with Gasteiger partial charge in [0, 0.05) is 37.1 Å². The first-order valence-electron chi connectivity index (χ1n) is 5.21. The third kappa shape index (κ3) is 5.27. The normalized spacial score (nSPS) is 11.0. The molecule has 0 atom stereocenters. The maximum Gasteiger partial charge on any atom is 0.308 e. The molecule has 0 aliphatic heterocycles. The summed E-state index contributed by atoms with van der Waals surface area (Å²) in [5.41, 5.74) is 0. The minimum Gasteiger partial charge on any atom is -0.481 e. The van der Waals surface area contributed by atoms with Crippen LogP contribution >= 0.6 is 11.3 Å². The number of aliphatic carboxylic acids is 1. The Balaban J connectivity index is 2.32. The Morgan fingerprint density at radius 2 is 2.06 bits per heavy atom. The summed E-state index contributed by atoms with van der Waals surface area (Å²) in [5, 5.41) is 11.8. The molecular formula is C11H17NO4S. The van der Waals surface area contributed by atoms with Crippen molar-refractivity contribution < 1.29 is 19.4 Å². The van der Waals surface area contributed by atoms with Crippen LogP contribution < -0.4 is 5.32 Å². The van der Waals surface area contributed by atoms with Crippen molar-refractivity contribution in [1.29, 1.82) is 0 Å². The van der Waals surface area contributed by atoms with Gasteiger partial charge in [0.25, 0.3) is 0 Å². The second-order valence-electron chi connectivity index (χ2n) is 3.47. The highest BCUT2D eigenvalue weighted by molar-refractivity contribution is 7.12. The largest absolute Gasteiger partial charge is 0.481 e. The zero-order chi connectivity index (χ0) is 12.7. The molecule has 0 spiro atoms. The molecule has 0 saturated heterocycles. The lowest BCUT2D eigenvalue weighted by molar-refractivity contribution is -0.136. The van der Waals surface area contributed by atoms with Crippen LogP contribution in [0.4, 0.5) is 0 Å². The molecule has 0 aliphatic carbocycles. The number of hydrogen-bond donors (Lipinski definition) is 2. The number of thiophene rings is 1. The van der Waals surface area contributed by atoms with Crippen LogP contribution in [0.3, 0.4) is 0 Å². The van der Waals surface area contributed by atoms with Gasteiger partial charge in [-0.1, -0.05) is 0 Å². The predicted molar refractivity (Wildman–Crippen MR) is 65.2 cm³/mol. The first kappa shape index (κ1) is 14.1. The summed E-state index contributed by atoms with van der Waals surface area (Å²) in [6.45, 7) is 1.28. The van der Waals surface area contributed by atoms with E-state index in [2.05, 4.69) is 5.32 Å². The van der Waals surface area contributed by atoms with Crippen LogP contribution in [0.1, 0.15) is 9.75 Å². The molecule has 0 bridgehead atoms. The number of carboxylic acid groups (broad SMARTS) is 1. The van der Waals surface area contributed by atoms with Crippen LogP contribution in [0.5, 0.6) is 0 Å². The average molecular weight is 259 g/mol. The molecule has 17 heavy (non-hydrogen) atoms. The molecule has 0 amide bonds. The highest BCUT2D eigenvalue weighted by Gasteiger charge is 2.06. The zero-order valence-corrected chi connectivity index (χ0v) is 10.8. The van der Waals surface area contributed by atoms with Gasteiger partial charge in [-0.25, -0.2) is 0 Å². The third-order valence-corrected chi connectivity index (χ3v) is 3.26. The summed E-state index contributed by atoms with van der Waals surface area (Å²) >= 11 is 1.50. The number of nitrogens with one attached hydrogen (secondary N) is 1. The third-order valence-electron chi connectivity index (χ3n) is 2.18. The van der Waals surface area contributed by atoms with Crippen molar-refractivity contribution in [3.05, 3.63) is 21.9 Å². The Morgan fingerprint density at radius 1 is 1.41 bits per heavy atom. The summed E-state index contributed by atoms with van der Waals surface area (Å²) < 4.78 is 10.1. The summed E-state index contributed by atoms with van der Waals surface area (Å²) in [4.78, 5) is 12.5. The summed E-state index contributed by atoms with van der Waals surface area (Å²) in [6, 6.07) is 3.78. The van der Waals surface area contributed by atoms with Crippen molar-refractivity contribution >= 4 is 17.3 Å². The van der Waals surface area contributed by atoms with E-state index in [9.17, 15) is 4.79 Å². The quantitative estimate of drug-likeness (QED) is 0.684. The van der Waals surface area contributed by atoms with E-state index in [1.165, 1.54) is 11.3 Å². The Hall–Kier alpha value is -0.950. The van der Waals surface area contributed by atoms with E-state index in [-0.39, 0.29) is 12.7 Å². The molecule has 96 valence electrons. The highest BCUT2D eigenvalue weighted by atomic mass is 32.1. The lowest BCUT2D eigenvalue weighted by Gasteiger charge is -2.13. The summed E-state index contributed by atoms with van der Waals surface area (Å²) in [7, 11) is 3.18. The standard InChI is InChI=1S/C11H17NO4S/c1-15-11(16-2)7-12-6-9-4-3-8(17-9)5-10(13)14/h3-4,11-12H,5-7H2,1-2H3,(H,13,14). The molecule has 6 heteroatoms. The molecule has 1 aromatic rings. The van der Waals surface area contributed by atoms with E-state index in [0.717, 1.165) is 9.75 Å². The van der Waals surface area contributed by atoms with Crippen LogP contribution in [0.2, 0.25) is 0 Å². The van der Waals surface area contributed by atoms with Crippen LogP contribution in [0.25, 0.3) is 0 Å². The number of methoxy groups -OCH3 is 2. The van der Waals surface area contributed by atoms with E-state index in [0.29, 0.717) is 13.1 Å². The smallest absolute Gasteiger partial charge is 0.308 e. The summed E-state index contributed by atoms with van der Waals surface area (Å²) in [6.07, 6.45) is -0.169. The monoisotopic (exact) mass is 259 g/mol. The molecule has 0 aliphatic rings. The highest BCUT2D eigenvalue weighted by Crippen LogP contribution is 2.16. The van der Waals surface area contributed by atoms with E-state index >= 15 is 0 Å². The van der Waals surface area contributed by atoms with Crippen LogP contribution in [0, 0.1) is 0 Å². The molecule has 1 rings (SSSR count). The van der Waals surface area contributed by atoms with E-state index in [1.807, 2.05) is 12.1 Å². The van der Waals surface area contributed by atoms with Crippen molar-refractivity contribution in [3.8, 4) is 0 Å². The van der Waals surface area contributed by atoms with Gasteiger partial charge in [-0.15, -0.1) is 11.3 Å². The second kappa shape index (κ2) is 7.39. The van der Waals surface area contributed by atoms with Gasteiger partial charge in [0.1, 0.15) is 0 Å². The van der Waals surface area contributed by atoms with Gasteiger partial charge in [0.2, 0.25) is 0 Å². The maximum absolute atomic E-state index is 10.5. The van der Waals surface area contributed by atoms with Gasteiger partial charge >= 0.3 is 5.97 Å². The Morgan fingerprint density at radius 3 is 2.65 bits per heavy atom. The topological polar surface area (TPSA) is 67.8 Å². The van der Waals surface area contributed by atoms with Crippen molar-refractivity contribution in [2.45, 2.75) is 19.3 Å². The molecule has 0 radical (unpaired) electrons. The molecule has 0 unspecified atom stereocenters. The molecule has 1 aromatic heterocycles. The minimum atomic E-state index is -0.801. The van der Waals surface area contributed by atoms with Crippen LogP contribution in [-0.2, 0) is 27.2 Å². The molecule has 0 saturated carbocycles. The fourth-order valence-corrected chi connectivity index (χ4v) is 2.32. The lowest BCUT2D eigenvalue weighted by Crippen LogP contribution is -2.29. The SMILES string of the molecule is COC(CNCc1ccc(CC(=O)O)s1)OC. The van der Waals surface area contributed by atoms with Gasteiger partial charge in [-0.05, 0) is 12.1 Å². The first-order valence-corrected chi connectivity index (χ1v) is 6.03.